The van der Waals surface area contributed by atoms with Crippen LogP contribution in [0.15, 0.2) is 77.7 Å². The summed E-state index contributed by atoms with van der Waals surface area (Å²) in [6, 6.07) is 20.5. The average Bonchev–Trinajstić information content (AvgIpc) is 2.80. The summed E-state index contributed by atoms with van der Waals surface area (Å²) >= 11 is 16.1. The Morgan fingerprint density at radius 2 is 1.58 bits per heavy atom. The Labute approximate surface area is 222 Å². The smallest absolute Gasteiger partial charge is 0.264 e. The van der Waals surface area contributed by atoms with Crippen molar-refractivity contribution in [3.8, 4) is 0 Å². The second-order valence-corrected chi connectivity index (χ2v) is 11.9. The fraction of sp³-hybridized carbons (Fsp3) is 0.174. The molecule has 3 aromatic carbocycles. The quantitative estimate of drug-likeness (QED) is 0.225. The van der Waals surface area contributed by atoms with Crippen LogP contribution >= 0.6 is 57.6 Å². The maximum atomic E-state index is 13.3. The highest BCUT2D eigenvalue weighted by molar-refractivity contribution is 14.1. The minimum Gasteiger partial charge on any atom is -0.354 e. The lowest BCUT2D eigenvalue weighted by Crippen LogP contribution is -2.41. The van der Waals surface area contributed by atoms with E-state index in [9.17, 15) is 13.2 Å². The van der Waals surface area contributed by atoms with Crippen LogP contribution in [0, 0.1) is 3.57 Å². The van der Waals surface area contributed by atoms with Crippen molar-refractivity contribution in [3.63, 3.8) is 0 Å². The minimum absolute atomic E-state index is 0.128. The van der Waals surface area contributed by atoms with Crippen LogP contribution in [-0.2, 0) is 20.6 Å². The van der Waals surface area contributed by atoms with Gasteiger partial charge in [-0.2, -0.15) is 11.8 Å². The molecule has 0 bridgehead atoms. The number of anilines is 1. The number of halogens is 3. The number of sulfonamides is 1. The van der Waals surface area contributed by atoms with Gasteiger partial charge in [0.1, 0.15) is 6.54 Å². The molecule has 0 aliphatic heterocycles. The largest absolute Gasteiger partial charge is 0.354 e. The van der Waals surface area contributed by atoms with Gasteiger partial charge in [0.05, 0.1) is 10.6 Å². The molecule has 0 heterocycles. The van der Waals surface area contributed by atoms with E-state index in [-0.39, 0.29) is 17.3 Å². The van der Waals surface area contributed by atoms with Crippen LogP contribution in [0.4, 0.5) is 5.69 Å². The summed E-state index contributed by atoms with van der Waals surface area (Å²) in [6.45, 7) is 0.0658. The predicted octanol–water partition coefficient (Wildman–Crippen LogP) is 5.84. The number of benzene rings is 3. The summed E-state index contributed by atoms with van der Waals surface area (Å²) in [5.74, 6) is 0.859. The number of nitrogens with zero attached hydrogens (tertiary/aromatic N) is 1. The van der Waals surface area contributed by atoms with E-state index in [4.69, 9.17) is 23.2 Å². The fourth-order valence-electron chi connectivity index (χ4n) is 2.94. The van der Waals surface area contributed by atoms with Crippen molar-refractivity contribution in [2.75, 3.05) is 23.1 Å². The van der Waals surface area contributed by atoms with E-state index in [1.165, 1.54) is 12.1 Å². The van der Waals surface area contributed by atoms with Crippen LogP contribution in [0.1, 0.15) is 5.56 Å². The second kappa shape index (κ2) is 12.3. The Bertz CT molecular complexity index is 1170. The topological polar surface area (TPSA) is 66.5 Å². The van der Waals surface area contributed by atoms with Crippen molar-refractivity contribution in [3.05, 3.63) is 92.0 Å². The molecule has 0 aromatic heterocycles. The third-order valence-electron chi connectivity index (χ3n) is 4.61. The van der Waals surface area contributed by atoms with Gasteiger partial charge in [-0.15, -0.1) is 0 Å². The minimum atomic E-state index is -3.91. The predicted molar refractivity (Wildman–Crippen MR) is 146 cm³/mol. The SMILES string of the molecule is O=C(CN(c1ccc(I)cc1)S(=O)(=O)c1ccccc1)NCCSCc1c(Cl)cccc1Cl. The first-order valence-electron chi connectivity index (χ1n) is 9.90. The lowest BCUT2D eigenvalue weighted by molar-refractivity contribution is -0.119. The van der Waals surface area contributed by atoms with Gasteiger partial charge in [0.25, 0.3) is 10.0 Å². The fourth-order valence-corrected chi connectivity index (χ4v) is 6.33. The summed E-state index contributed by atoms with van der Waals surface area (Å²) in [4.78, 5) is 12.8. The molecule has 0 radical (unpaired) electrons. The van der Waals surface area contributed by atoms with Crippen molar-refractivity contribution >= 4 is 79.2 Å². The number of carbonyl (C=O) groups excluding carboxylic acids is 1. The molecule has 0 spiro atoms. The lowest BCUT2D eigenvalue weighted by Gasteiger charge is -2.24. The molecule has 0 atom stereocenters. The second-order valence-electron chi connectivity index (χ2n) is 6.90. The van der Waals surface area contributed by atoms with E-state index in [1.807, 2.05) is 0 Å². The molecule has 3 rings (SSSR count). The Kier molecular flexibility index (Phi) is 9.75. The van der Waals surface area contributed by atoms with E-state index >= 15 is 0 Å². The van der Waals surface area contributed by atoms with E-state index in [1.54, 1.807) is 72.4 Å². The Hall–Kier alpha value is -1.46. The van der Waals surface area contributed by atoms with Gasteiger partial charge in [-0.25, -0.2) is 8.42 Å². The molecule has 33 heavy (non-hydrogen) atoms. The molecule has 3 aromatic rings. The highest BCUT2D eigenvalue weighted by Crippen LogP contribution is 2.28. The third kappa shape index (κ3) is 7.26. The van der Waals surface area contributed by atoms with Crippen molar-refractivity contribution in [2.45, 2.75) is 10.6 Å². The van der Waals surface area contributed by atoms with Gasteiger partial charge >= 0.3 is 0 Å². The zero-order valence-corrected chi connectivity index (χ0v) is 22.7. The van der Waals surface area contributed by atoms with Crippen LogP contribution in [0.25, 0.3) is 0 Å². The number of nitrogens with one attached hydrogen (secondary N) is 1. The zero-order chi connectivity index (χ0) is 23.8. The molecule has 0 unspecified atom stereocenters. The first-order valence-corrected chi connectivity index (χ1v) is 14.3. The maximum Gasteiger partial charge on any atom is 0.264 e. The molecule has 1 amide bonds. The van der Waals surface area contributed by atoms with Gasteiger partial charge in [0.15, 0.2) is 0 Å². The molecule has 1 N–H and O–H groups in total. The summed E-state index contributed by atoms with van der Waals surface area (Å²) in [6.07, 6.45) is 0. The normalized spacial score (nSPS) is 11.2. The number of hydrogen-bond donors (Lipinski definition) is 1. The van der Waals surface area contributed by atoms with E-state index < -0.39 is 10.0 Å². The number of carbonyl (C=O) groups is 1. The van der Waals surface area contributed by atoms with Crippen molar-refractivity contribution in [2.24, 2.45) is 0 Å². The highest BCUT2D eigenvalue weighted by atomic mass is 127. The van der Waals surface area contributed by atoms with Gasteiger partial charge in [-0.1, -0.05) is 47.5 Å². The van der Waals surface area contributed by atoms with Crippen molar-refractivity contribution < 1.29 is 13.2 Å². The Balaban J connectivity index is 1.62. The molecule has 0 aliphatic rings. The standard InChI is InChI=1S/C23H21Cl2IN2O3S2/c24-21-7-4-8-22(25)20(21)16-32-14-13-27-23(29)15-28(18-11-9-17(26)10-12-18)33(30,31)19-5-2-1-3-6-19/h1-12H,13-16H2,(H,27,29). The molecule has 0 saturated carbocycles. The van der Waals surface area contributed by atoms with Gasteiger partial charge in [-0.3, -0.25) is 9.10 Å². The van der Waals surface area contributed by atoms with Crippen molar-refractivity contribution in [1.29, 1.82) is 0 Å². The molecule has 5 nitrogen and oxygen atoms in total. The molecule has 0 aliphatic carbocycles. The number of hydrogen-bond acceptors (Lipinski definition) is 4. The van der Waals surface area contributed by atoms with Gasteiger partial charge in [0.2, 0.25) is 5.91 Å². The highest BCUT2D eigenvalue weighted by Gasteiger charge is 2.27. The summed E-state index contributed by atoms with van der Waals surface area (Å²) < 4.78 is 28.6. The summed E-state index contributed by atoms with van der Waals surface area (Å²) in [5, 5.41) is 4.02. The number of amides is 1. The van der Waals surface area contributed by atoms with Crippen LogP contribution < -0.4 is 9.62 Å². The number of thioether (sulfide) groups is 1. The molecule has 174 valence electrons. The molecular formula is C23H21Cl2IN2O3S2. The molecular weight excluding hydrogens is 614 g/mol. The molecule has 0 fully saturated rings. The lowest BCUT2D eigenvalue weighted by atomic mass is 10.2. The Morgan fingerprint density at radius 3 is 2.21 bits per heavy atom. The average molecular weight is 635 g/mol. The maximum absolute atomic E-state index is 13.3. The zero-order valence-electron chi connectivity index (χ0n) is 17.4. The summed E-state index contributed by atoms with van der Waals surface area (Å²) in [7, 11) is -3.91. The van der Waals surface area contributed by atoms with Crippen LogP contribution in [-0.4, -0.2) is 33.2 Å². The van der Waals surface area contributed by atoms with Gasteiger partial charge in [0, 0.05) is 31.7 Å². The van der Waals surface area contributed by atoms with E-state index in [0.29, 0.717) is 33.8 Å². The van der Waals surface area contributed by atoms with Crippen LogP contribution in [0.5, 0.6) is 0 Å². The first kappa shape index (κ1) is 26.2. The molecule has 0 saturated heterocycles. The molecule has 10 heteroatoms. The van der Waals surface area contributed by atoms with Crippen LogP contribution in [0.2, 0.25) is 10.0 Å². The van der Waals surface area contributed by atoms with Gasteiger partial charge < -0.3 is 5.32 Å². The van der Waals surface area contributed by atoms with Crippen LogP contribution in [0.3, 0.4) is 0 Å². The van der Waals surface area contributed by atoms with E-state index in [2.05, 4.69) is 27.9 Å². The first-order chi connectivity index (χ1) is 15.8. The van der Waals surface area contributed by atoms with E-state index in [0.717, 1.165) is 13.4 Å². The monoisotopic (exact) mass is 634 g/mol. The summed E-state index contributed by atoms with van der Waals surface area (Å²) in [5.41, 5.74) is 1.29. The third-order valence-corrected chi connectivity index (χ3v) is 8.81. The number of rotatable bonds is 10. The van der Waals surface area contributed by atoms with Crippen molar-refractivity contribution in [1.82, 2.24) is 5.32 Å². The Morgan fingerprint density at radius 1 is 0.939 bits per heavy atom. The van der Waals surface area contributed by atoms with Gasteiger partial charge in [-0.05, 0) is 76.7 Å².